The number of nitrogens with one attached hydrogen (secondary N) is 1. The first-order chi connectivity index (χ1) is 8.11. The maximum atomic E-state index is 5.60. The van der Waals surface area contributed by atoms with Crippen molar-refractivity contribution in [1.29, 1.82) is 0 Å². The van der Waals surface area contributed by atoms with Crippen molar-refractivity contribution < 1.29 is 0 Å². The minimum absolute atomic E-state index is 0.443. The van der Waals surface area contributed by atoms with Crippen LogP contribution in [-0.4, -0.2) is 6.04 Å². The lowest BCUT2D eigenvalue weighted by atomic mass is 9.98. The molecule has 0 spiro atoms. The van der Waals surface area contributed by atoms with Crippen LogP contribution in [0.3, 0.4) is 0 Å². The molecule has 0 aliphatic rings. The first-order valence-corrected chi connectivity index (χ1v) is 6.63. The number of hydrogen-bond acceptors (Lipinski definition) is 2. The number of rotatable bonds is 7. The van der Waals surface area contributed by atoms with Crippen molar-refractivity contribution in [2.45, 2.75) is 52.5 Å². The second-order valence-corrected chi connectivity index (χ2v) is 5.36. The van der Waals surface area contributed by atoms with E-state index in [4.69, 9.17) is 5.84 Å². The quantitative estimate of drug-likeness (QED) is 0.561. The van der Waals surface area contributed by atoms with Crippen LogP contribution in [-0.2, 0) is 6.42 Å². The Balaban J connectivity index is 2.34. The first kappa shape index (κ1) is 14.2. The summed E-state index contributed by atoms with van der Waals surface area (Å²) >= 11 is 0. The van der Waals surface area contributed by atoms with Gasteiger partial charge in [-0.25, -0.2) is 0 Å². The fraction of sp³-hybridized carbons (Fsp3) is 0.600. The highest BCUT2D eigenvalue weighted by Crippen LogP contribution is 2.12. The van der Waals surface area contributed by atoms with Crippen molar-refractivity contribution in [3.05, 3.63) is 35.4 Å². The average Bonchev–Trinajstić information content (AvgIpc) is 2.31. The van der Waals surface area contributed by atoms with Crippen LogP contribution in [0.5, 0.6) is 0 Å². The maximum absolute atomic E-state index is 5.60. The number of aryl methyl sites for hydroxylation is 2. The first-order valence-electron chi connectivity index (χ1n) is 6.63. The minimum Gasteiger partial charge on any atom is -0.271 e. The van der Waals surface area contributed by atoms with Gasteiger partial charge in [-0.2, -0.15) is 0 Å². The van der Waals surface area contributed by atoms with Gasteiger partial charge < -0.3 is 0 Å². The summed E-state index contributed by atoms with van der Waals surface area (Å²) in [5.41, 5.74) is 5.66. The van der Waals surface area contributed by atoms with E-state index >= 15 is 0 Å². The van der Waals surface area contributed by atoms with Gasteiger partial charge in [0.1, 0.15) is 0 Å². The molecule has 0 saturated carbocycles. The molecule has 2 nitrogen and oxygen atoms in total. The molecule has 17 heavy (non-hydrogen) atoms. The molecule has 1 aromatic carbocycles. The molecule has 0 amide bonds. The van der Waals surface area contributed by atoms with Gasteiger partial charge in [0, 0.05) is 6.04 Å². The van der Waals surface area contributed by atoms with E-state index in [0.29, 0.717) is 6.04 Å². The van der Waals surface area contributed by atoms with Crippen LogP contribution in [0.1, 0.15) is 44.2 Å². The fourth-order valence-electron chi connectivity index (χ4n) is 1.94. The molecule has 1 aromatic rings. The molecule has 1 atom stereocenters. The maximum Gasteiger partial charge on any atom is 0.0213 e. The third kappa shape index (κ3) is 5.85. The molecule has 2 heteroatoms. The Morgan fingerprint density at radius 3 is 2.24 bits per heavy atom. The Morgan fingerprint density at radius 2 is 1.71 bits per heavy atom. The van der Waals surface area contributed by atoms with Crippen LogP contribution in [0.25, 0.3) is 0 Å². The molecular weight excluding hydrogens is 208 g/mol. The zero-order valence-corrected chi connectivity index (χ0v) is 11.4. The smallest absolute Gasteiger partial charge is 0.0213 e. The normalized spacial score (nSPS) is 13.0. The van der Waals surface area contributed by atoms with E-state index in [1.807, 2.05) is 0 Å². The van der Waals surface area contributed by atoms with E-state index in [1.165, 1.54) is 24.0 Å². The van der Waals surface area contributed by atoms with Gasteiger partial charge in [0.25, 0.3) is 0 Å². The van der Waals surface area contributed by atoms with Crippen LogP contribution in [0.4, 0.5) is 0 Å². The van der Waals surface area contributed by atoms with Gasteiger partial charge in [-0.15, -0.1) is 0 Å². The zero-order valence-electron chi connectivity index (χ0n) is 11.4. The predicted molar refractivity (Wildman–Crippen MR) is 74.7 cm³/mol. The summed E-state index contributed by atoms with van der Waals surface area (Å²) in [6.07, 6.45) is 4.63. The Kier molecular flexibility index (Phi) is 6.23. The van der Waals surface area contributed by atoms with Gasteiger partial charge >= 0.3 is 0 Å². The molecule has 0 bridgehead atoms. The predicted octanol–water partition coefficient (Wildman–Crippen LogP) is 3.20. The molecule has 0 aliphatic heterocycles. The SMILES string of the molecule is Cc1ccc(CCC(CCC(C)C)NN)cc1. The van der Waals surface area contributed by atoms with E-state index in [2.05, 4.69) is 50.5 Å². The van der Waals surface area contributed by atoms with E-state index in [-0.39, 0.29) is 0 Å². The lowest BCUT2D eigenvalue weighted by Crippen LogP contribution is -2.35. The van der Waals surface area contributed by atoms with E-state index < -0.39 is 0 Å². The molecule has 0 heterocycles. The highest BCUT2D eigenvalue weighted by Gasteiger charge is 2.07. The van der Waals surface area contributed by atoms with Gasteiger partial charge in [0.2, 0.25) is 0 Å². The molecule has 0 radical (unpaired) electrons. The third-order valence-corrected chi connectivity index (χ3v) is 3.23. The average molecular weight is 234 g/mol. The lowest BCUT2D eigenvalue weighted by molar-refractivity contribution is 0.417. The molecule has 1 unspecified atom stereocenters. The number of benzene rings is 1. The summed E-state index contributed by atoms with van der Waals surface area (Å²) in [6.45, 7) is 6.64. The number of hydrazine groups is 1. The van der Waals surface area contributed by atoms with Crippen molar-refractivity contribution in [2.24, 2.45) is 11.8 Å². The summed E-state index contributed by atoms with van der Waals surface area (Å²) in [4.78, 5) is 0. The third-order valence-electron chi connectivity index (χ3n) is 3.23. The molecule has 0 saturated heterocycles. The second kappa shape index (κ2) is 7.46. The van der Waals surface area contributed by atoms with Crippen molar-refractivity contribution in [1.82, 2.24) is 5.43 Å². The Morgan fingerprint density at radius 1 is 1.06 bits per heavy atom. The van der Waals surface area contributed by atoms with Crippen molar-refractivity contribution in [2.75, 3.05) is 0 Å². The molecule has 0 aromatic heterocycles. The lowest BCUT2D eigenvalue weighted by Gasteiger charge is -2.17. The van der Waals surface area contributed by atoms with Gasteiger partial charge in [0.05, 0.1) is 0 Å². The fourth-order valence-corrected chi connectivity index (χ4v) is 1.94. The molecule has 96 valence electrons. The van der Waals surface area contributed by atoms with Crippen LogP contribution >= 0.6 is 0 Å². The summed E-state index contributed by atoms with van der Waals surface area (Å²) in [5.74, 6) is 6.35. The number of hydrogen-bond donors (Lipinski definition) is 2. The van der Waals surface area contributed by atoms with Crippen molar-refractivity contribution in [3.8, 4) is 0 Å². The highest BCUT2D eigenvalue weighted by molar-refractivity contribution is 5.21. The Hall–Kier alpha value is -0.860. The van der Waals surface area contributed by atoms with E-state index in [0.717, 1.165) is 18.8 Å². The van der Waals surface area contributed by atoms with Crippen LogP contribution in [0.2, 0.25) is 0 Å². The summed E-state index contributed by atoms with van der Waals surface area (Å²) in [5, 5.41) is 0. The molecule has 3 N–H and O–H groups in total. The van der Waals surface area contributed by atoms with Crippen LogP contribution in [0, 0.1) is 12.8 Å². The van der Waals surface area contributed by atoms with Crippen LogP contribution < -0.4 is 11.3 Å². The summed E-state index contributed by atoms with van der Waals surface area (Å²) in [6, 6.07) is 9.22. The molecule has 1 rings (SSSR count). The standard InChI is InChI=1S/C15H26N2/c1-12(2)4-10-15(17-16)11-9-14-7-5-13(3)6-8-14/h5-8,12,15,17H,4,9-11,16H2,1-3H3. The molecule has 0 fully saturated rings. The van der Waals surface area contributed by atoms with Crippen molar-refractivity contribution in [3.63, 3.8) is 0 Å². The monoisotopic (exact) mass is 234 g/mol. The van der Waals surface area contributed by atoms with Gasteiger partial charge in [-0.1, -0.05) is 43.7 Å². The Bertz CT molecular complexity index is 303. The zero-order chi connectivity index (χ0) is 12.7. The topological polar surface area (TPSA) is 38.0 Å². The van der Waals surface area contributed by atoms with E-state index in [1.54, 1.807) is 0 Å². The number of nitrogens with two attached hydrogens (primary N) is 1. The van der Waals surface area contributed by atoms with Gasteiger partial charge in [0.15, 0.2) is 0 Å². The van der Waals surface area contributed by atoms with Crippen LogP contribution in [0.15, 0.2) is 24.3 Å². The van der Waals surface area contributed by atoms with Gasteiger partial charge in [-0.3, -0.25) is 11.3 Å². The van der Waals surface area contributed by atoms with Gasteiger partial charge in [-0.05, 0) is 44.1 Å². The molecule has 0 aliphatic carbocycles. The second-order valence-electron chi connectivity index (χ2n) is 5.36. The largest absolute Gasteiger partial charge is 0.271 e. The summed E-state index contributed by atoms with van der Waals surface area (Å²) < 4.78 is 0. The molecular formula is C15H26N2. The van der Waals surface area contributed by atoms with E-state index in [9.17, 15) is 0 Å². The Labute approximate surface area is 106 Å². The van der Waals surface area contributed by atoms with Crippen molar-refractivity contribution >= 4 is 0 Å². The summed E-state index contributed by atoms with van der Waals surface area (Å²) in [7, 11) is 0. The minimum atomic E-state index is 0.443. The highest BCUT2D eigenvalue weighted by atomic mass is 15.2.